The molecule has 0 aliphatic carbocycles. The maximum atomic E-state index is 13.1. The molecule has 1 fully saturated rings. The zero-order valence-electron chi connectivity index (χ0n) is 16.1. The average molecular weight is 392 g/mol. The van der Waals surface area contributed by atoms with Crippen LogP contribution >= 0.6 is 0 Å². The predicted molar refractivity (Wildman–Crippen MR) is 106 cm³/mol. The van der Waals surface area contributed by atoms with E-state index < -0.39 is 0 Å². The fraction of sp³-hybridized carbons (Fsp3) is 0.300. The van der Waals surface area contributed by atoms with Crippen LogP contribution in [-0.2, 0) is 4.74 Å². The van der Waals surface area contributed by atoms with Crippen LogP contribution in [0.4, 0.5) is 5.69 Å². The Labute approximate surface area is 166 Å². The molecule has 3 aromatic heterocycles. The SMILES string of the molecule is CC(C)Oc1cc2nn(C3COC3)cc2cc1C(=O)Nc1cnn2cccnc12. The van der Waals surface area contributed by atoms with Crippen molar-refractivity contribution >= 4 is 28.1 Å². The topological polar surface area (TPSA) is 95.6 Å². The predicted octanol–water partition coefficient (Wildman–Crippen LogP) is 2.69. The van der Waals surface area contributed by atoms with Crippen LogP contribution in [0.3, 0.4) is 0 Å². The van der Waals surface area contributed by atoms with Crippen LogP contribution in [0.1, 0.15) is 30.2 Å². The molecule has 1 saturated heterocycles. The Morgan fingerprint density at radius 2 is 2.21 bits per heavy atom. The van der Waals surface area contributed by atoms with E-state index in [2.05, 4.69) is 20.5 Å². The Morgan fingerprint density at radius 1 is 1.34 bits per heavy atom. The van der Waals surface area contributed by atoms with Crippen molar-refractivity contribution in [2.45, 2.75) is 26.0 Å². The number of anilines is 1. The number of benzene rings is 1. The summed E-state index contributed by atoms with van der Waals surface area (Å²) in [5, 5.41) is 12.6. The van der Waals surface area contributed by atoms with Gasteiger partial charge in [-0.15, -0.1) is 0 Å². The molecule has 1 aliphatic rings. The highest BCUT2D eigenvalue weighted by atomic mass is 16.5. The van der Waals surface area contributed by atoms with Crippen molar-refractivity contribution in [2.75, 3.05) is 18.5 Å². The highest BCUT2D eigenvalue weighted by molar-refractivity contribution is 6.09. The van der Waals surface area contributed by atoms with Crippen LogP contribution in [-0.4, -0.2) is 49.6 Å². The fourth-order valence-electron chi connectivity index (χ4n) is 3.27. The summed E-state index contributed by atoms with van der Waals surface area (Å²) in [6.07, 6.45) is 6.87. The Hall–Kier alpha value is -3.46. The second-order valence-electron chi connectivity index (χ2n) is 7.27. The molecule has 9 nitrogen and oxygen atoms in total. The normalized spacial score (nSPS) is 14.4. The number of amides is 1. The number of fused-ring (bicyclic) bond motifs is 2. The Balaban J connectivity index is 1.53. The summed E-state index contributed by atoms with van der Waals surface area (Å²) in [6, 6.07) is 5.64. The molecule has 0 atom stereocenters. The summed E-state index contributed by atoms with van der Waals surface area (Å²) in [5.74, 6) is 0.201. The molecule has 1 aromatic carbocycles. The molecule has 9 heteroatoms. The smallest absolute Gasteiger partial charge is 0.259 e. The van der Waals surface area contributed by atoms with Crippen molar-refractivity contribution in [1.29, 1.82) is 0 Å². The molecular weight excluding hydrogens is 372 g/mol. The summed E-state index contributed by atoms with van der Waals surface area (Å²) in [4.78, 5) is 17.4. The van der Waals surface area contributed by atoms with E-state index in [1.54, 1.807) is 29.2 Å². The fourth-order valence-corrected chi connectivity index (χ4v) is 3.27. The molecular formula is C20H20N6O3. The summed E-state index contributed by atoms with van der Waals surface area (Å²) < 4.78 is 14.7. The number of aromatic nitrogens is 5. The quantitative estimate of drug-likeness (QED) is 0.561. The van der Waals surface area contributed by atoms with Crippen LogP contribution in [0.5, 0.6) is 5.75 Å². The average Bonchev–Trinajstić information content (AvgIpc) is 3.23. The number of nitrogens with zero attached hydrogens (tertiary/aromatic N) is 5. The van der Waals surface area contributed by atoms with Crippen molar-refractivity contribution in [2.24, 2.45) is 0 Å². The van der Waals surface area contributed by atoms with Gasteiger partial charge in [-0.25, -0.2) is 9.50 Å². The van der Waals surface area contributed by atoms with Gasteiger partial charge in [0.25, 0.3) is 5.91 Å². The molecule has 5 rings (SSSR count). The molecule has 1 N–H and O–H groups in total. The second kappa shape index (κ2) is 6.85. The lowest BCUT2D eigenvalue weighted by Crippen LogP contribution is -2.30. The van der Waals surface area contributed by atoms with Crippen molar-refractivity contribution in [3.05, 3.63) is 48.5 Å². The minimum Gasteiger partial charge on any atom is -0.490 e. The molecule has 148 valence electrons. The molecule has 0 radical (unpaired) electrons. The van der Waals surface area contributed by atoms with E-state index in [1.165, 1.54) is 0 Å². The van der Waals surface area contributed by atoms with Gasteiger partial charge in [-0.05, 0) is 26.0 Å². The zero-order chi connectivity index (χ0) is 20.0. The van der Waals surface area contributed by atoms with E-state index >= 15 is 0 Å². The number of rotatable bonds is 5. The first-order valence-electron chi connectivity index (χ1n) is 9.45. The molecule has 0 bridgehead atoms. The van der Waals surface area contributed by atoms with Crippen molar-refractivity contribution in [3.8, 4) is 5.75 Å². The molecule has 29 heavy (non-hydrogen) atoms. The van der Waals surface area contributed by atoms with Gasteiger partial charge in [-0.1, -0.05) is 0 Å². The first kappa shape index (κ1) is 17.6. The van der Waals surface area contributed by atoms with Gasteiger partial charge < -0.3 is 14.8 Å². The Bertz CT molecular complexity index is 1210. The van der Waals surface area contributed by atoms with Crippen molar-refractivity contribution in [1.82, 2.24) is 24.4 Å². The van der Waals surface area contributed by atoms with E-state index in [-0.39, 0.29) is 18.1 Å². The largest absolute Gasteiger partial charge is 0.490 e. The molecule has 4 heterocycles. The van der Waals surface area contributed by atoms with Crippen LogP contribution in [0.25, 0.3) is 16.6 Å². The van der Waals surface area contributed by atoms with Gasteiger partial charge in [0.2, 0.25) is 0 Å². The third-order valence-corrected chi connectivity index (χ3v) is 4.75. The van der Waals surface area contributed by atoms with Gasteiger partial charge in [0.05, 0.1) is 42.6 Å². The van der Waals surface area contributed by atoms with Gasteiger partial charge in [0.15, 0.2) is 5.65 Å². The summed E-state index contributed by atoms with van der Waals surface area (Å²) in [6.45, 7) is 5.15. The molecule has 1 amide bonds. The molecule has 0 spiro atoms. The number of nitrogens with one attached hydrogen (secondary N) is 1. The number of hydrogen-bond acceptors (Lipinski definition) is 6. The van der Waals surface area contributed by atoms with Crippen molar-refractivity contribution < 1.29 is 14.3 Å². The zero-order valence-corrected chi connectivity index (χ0v) is 16.1. The van der Waals surface area contributed by atoms with Gasteiger partial charge in [0, 0.05) is 30.0 Å². The highest BCUT2D eigenvalue weighted by Crippen LogP contribution is 2.29. The first-order valence-corrected chi connectivity index (χ1v) is 9.45. The van der Waals surface area contributed by atoms with Gasteiger partial charge in [-0.2, -0.15) is 10.2 Å². The van der Waals surface area contributed by atoms with E-state index in [4.69, 9.17) is 9.47 Å². The van der Waals surface area contributed by atoms with Crippen LogP contribution in [0, 0.1) is 0 Å². The second-order valence-corrected chi connectivity index (χ2v) is 7.27. The summed E-state index contributed by atoms with van der Waals surface area (Å²) >= 11 is 0. The number of carbonyl (C=O) groups excluding carboxylic acids is 1. The standard InChI is InChI=1S/C20H20N6O3/c1-12(2)29-18-7-16-13(9-26(24-16)14-10-28-11-14)6-15(18)20(27)23-17-8-22-25-5-3-4-21-19(17)25/h3-9,12,14H,10-11H2,1-2H3,(H,23,27). The van der Waals surface area contributed by atoms with E-state index in [0.29, 0.717) is 35.9 Å². The third-order valence-electron chi connectivity index (χ3n) is 4.75. The lowest BCUT2D eigenvalue weighted by atomic mass is 10.1. The molecule has 0 saturated carbocycles. The van der Waals surface area contributed by atoms with E-state index in [0.717, 1.165) is 10.9 Å². The minimum absolute atomic E-state index is 0.0836. The van der Waals surface area contributed by atoms with Crippen LogP contribution < -0.4 is 10.1 Å². The number of hydrogen-bond donors (Lipinski definition) is 1. The summed E-state index contributed by atoms with van der Waals surface area (Å²) in [5.41, 5.74) is 2.33. The van der Waals surface area contributed by atoms with Gasteiger partial charge in [-0.3, -0.25) is 9.48 Å². The van der Waals surface area contributed by atoms with E-state index in [1.807, 2.05) is 36.9 Å². The molecule has 4 aromatic rings. The maximum absolute atomic E-state index is 13.1. The maximum Gasteiger partial charge on any atom is 0.259 e. The Morgan fingerprint density at radius 3 is 2.97 bits per heavy atom. The number of ether oxygens (including phenoxy) is 2. The number of carbonyl (C=O) groups is 1. The van der Waals surface area contributed by atoms with Crippen LogP contribution in [0.2, 0.25) is 0 Å². The molecule has 1 aliphatic heterocycles. The van der Waals surface area contributed by atoms with Crippen molar-refractivity contribution in [3.63, 3.8) is 0 Å². The van der Waals surface area contributed by atoms with Gasteiger partial charge >= 0.3 is 0 Å². The minimum atomic E-state index is -0.289. The monoisotopic (exact) mass is 392 g/mol. The first-order chi connectivity index (χ1) is 14.1. The Kier molecular flexibility index (Phi) is 4.17. The highest BCUT2D eigenvalue weighted by Gasteiger charge is 2.23. The van der Waals surface area contributed by atoms with Crippen LogP contribution in [0.15, 0.2) is 43.0 Å². The van der Waals surface area contributed by atoms with E-state index in [9.17, 15) is 4.79 Å². The summed E-state index contributed by atoms with van der Waals surface area (Å²) in [7, 11) is 0. The molecule has 0 unspecified atom stereocenters. The third kappa shape index (κ3) is 3.19. The lowest BCUT2D eigenvalue weighted by Gasteiger charge is -2.25. The lowest BCUT2D eigenvalue weighted by molar-refractivity contribution is -0.0283. The van der Waals surface area contributed by atoms with Gasteiger partial charge in [0.1, 0.15) is 11.4 Å².